The number of carbonyl (C=O) groups is 3. The lowest BCUT2D eigenvalue weighted by atomic mass is 10.1. The minimum atomic E-state index is -0.570. The van der Waals surface area contributed by atoms with Crippen molar-refractivity contribution in [1.29, 1.82) is 0 Å². The molecule has 4 rings (SSSR count). The highest BCUT2D eigenvalue weighted by molar-refractivity contribution is 6.31. The first-order valence-electron chi connectivity index (χ1n) is 13.3. The van der Waals surface area contributed by atoms with Crippen LogP contribution in [-0.4, -0.2) is 47.6 Å². The van der Waals surface area contributed by atoms with Crippen LogP contribution in [-0.2, 0) is 38.6 Å². The molecule has 1 atom stereocenters. The van der Waals surface area contributed by atoms with Crippen LogP contribution in [0.15, 0.2) is 91.1 Å². The lowest BCUT2D eigenvalue weighted by Crippen LogP contribution is -2.46. The summed E-state index contributed by atoms with van der Waals surface area (Å²) >= 11 is 6.21. The second kappa shape index (κ2) is 14.8. The van der Waals surface area contributed by atoms with Gasteiger partial charge in [0.15, 0.2) is 0 Å². The van der Waals surface area contributed by atoms with E-state index >= 15 is 0 Å². The Kier molecular flexibility index (Phi) is 10.7. The van der Waals surface area contributed by atoms with Gasteiger partial charge in [-0.15, -0.1) is 0 Å². The number of hydrogen-bond donors (Lipinski definition) is 1. The average molecular weight is 574 g/mol. The number of carbonyl (C=O) groups excluding carboxylic acids is 3. The van der Waals surface area contributed by atoms with E-state index in [0.29, 0.717) is 10.7 Å². The Morgan fingerprint density at radius 3 is 2.39 bits per heavy atom. The molecular weight excluding hydrogens is 542 g/mol. The van der Waals surface area contributed by atoms with E-state index in [0.717, 1.165) is 21.9 Å². The molecule has 8 nitrogen and oxygen atoms in total. The molecule has 0 aliphatic rings. The number of likely N-dealkylation sites (N-methyl/N-ethyl adjacent to an activating group) is 1. The number of ether oxygens (including phenoxy) is 2. The van der Waals surface area contributed by atoms with Crippen molar-refractivity contribution in [3.8, 4) is 0 Å². The number of urea groups is 1. The number of rotatable bonds is 12. The summed E-state index contributed by atoms with van der Waals surface area (Å²) in [4.78, 5) is 44.0. The lowest BCUT2D eigenvalue weighted by Gasteiger charge is -2.28. The highest BCUT2D eigenvalue weighted by Gasteiger charge is 2.23. The summed E-state index contributed by atoms with van der Waals surface area (Å²) in [6.07, 6.45) is 1.99. The van der Waals surface area contributed by atoms with Crippen molar-refractivity contribution in [3.05, 3.63) is 113 Å². The van der Waals surface area contributed by atoms with E-state index in [1.54, 1.807) is 19.3 Å². The van der Waals surface area contributed by atoms with Crippen LogP contribution in [0.25, 0.3) is 10.8 Å². The molecule has 0 saturated heterocycles. The second-order valence-electron chi connectivity index (χ2n) is 9.58. The minimum Gasteiger partial charge on any atom is -0.463 e. The Hall–Kier alpha value is -4.43. The van der Waals surface area contributed by atoms with Crippen LogP contribution < -0.4 is 5.32 Å². The van der Waals surface area contributed by atoms with Gasteiger partial charge in [0.25, 0.3) is 0 Å². The molecule has 2 amide bonds. The third-order valence-electron chi connectivity index (χ3n) is 6.63. The Morgan fingerprint density at radius 2 is 1.61 bits per heavy atom. The van der Waals surface area contributed by atoms with Crippen molar-refractivity contribution >= 4 is 40.3 Å². The van der Waals surface area contributed by atoms with Crippen molar-refractivity contribution in [2.24, 2.45) is 0 Å². The number of aromatic nitrogens is 1. The molecule has 0 aliphatic carbocycles. The number of halogens is 1. The maximum Gasteiger partial charge on any atom is 0.317 e. The van der Waals surface area contributed by atoms with E-state index in [1.165, 1.54) is 4.90 Å². The van der Waals surface area contributed by atoms with Gasteiger partial charge >= 0.3 is 18.0 Å². The van der Waals surface area contributed by atoms with Crippen LogP contribution in [0.1, 0.15) is 29.7 Å². The summed E-state index contributed by atoms with van der Waals surface area (Å²) in [7, 11) is 1.60. The third-order valence-corrected chi connectivity index (χ3v) is 7.00. The Bertz CT molecular complexity index is 1480. The van der Waals surface area contributed by atoms with Crippen LogP contribution in [0, 0.1) is 0 Å². The summed E-state index contributed by atoms with van der Waals surface area (Å²) in [6.45, 7) is 0.294. The number of nitrogens with one attached hydrogen (secondary N) is 1. The van der Waals surface area contributed by atoms with E-state index in [1.807, 2.05) is 78.9 Å². The van der Waals surface area contributed by atoms with Crippen LogP contribution in [0.4, 0.5) is 4.79 Å². The standard InChI is InChI=1S/C32H32ClN3O5/c1-36(32(39)35-20-26-13-7-8-14-29(26)33)28(15-16-30(37)40-21-23-9-3-2-4-10-23)22-41-31(38)18-27-17-24-11-5-6-12-25(24)19-34-27/h2-14,17,19,28H,15-16,18,20-22H2,1H3,(H,35,39)/t28-/m0/s1. The van der Waals surface area contributed by atoms with Crippen LogP contribution in [0.3, 0.4) is 0 Å². The fourth-order valence-corrected chi connectivity index (χ4v) is 4.40. The van der Waals surface area contributed by atoms with Gasteiger partial charge < -0.3 is 19.7 Å². The molecule has 1 N–H and O–H groups in total. The Balaban J connectivity index is 1.35. The first kappa shape index (κ1) is 29.6. The second-order valence-corrected chi connectivity index (χ2v) is 9.99. The molecule has 0 fully saturated rings. The first-order valence-corrected chi connectivity index (χ1v) is 13.7. The van der Waals surface area contributed by atoms with Gasteiger partial charge in [0.05, 0.1) is 18.2 Å². The molecule has 41 heavy (non-hydrogen) atoms. The molecule has 9 heteroatoms. The third kappa shape index (κ3) is 9.05. The van der Waals surface area contributed by atoms with Crippen molar-refractivity contribution in [3.63, 3.8) is 0 Å². The summed E-state index contributed by atoms with van der Waals surface area (Å²) in [6, 6.07) is 25.3. The zero-order valence-electron chi connectivity index (χ0n) is 22.8. The number of esters is 2. The number of pyridine rings is 1. The van der Waals surface area contributed by atoms with Crippen LogP contribution in [0.2, 0.25) is 5.02 Å². The molecule has 0 spiro atoms. The summed E-state index contributed by atoms with van der Waals surface area (Å²) in [5.41, 5.74) is 2.23. The molecule has 1 aromatic heterocycles. The predicted molar refractivity (Wildman–Crippen MR) is 157 cm³/mol. The van der Waals surface area contributed by atoms with Gasteiger partial charge in [0.2, 0.25) is 0 Å². The van der Waals surface area contributed by atoms with Gasteiger partial charge in [0.1, 0.15) is 13.2 Å². The molecule has 0 unspecified atom stereocenters. The van der Waals surface area contributed by atoms with Gasteiger partial charge in [-0.1, -0.05) is 84.4 Å². The molecule has 1 heterocycles. The van der Waals surface area contributed by atoms with Gasteiger partial charge in [-0.25, -0.2) is 4.79 Å². The van der Waals surface area contributed by atoms with E-state index in [2.05, 4.69) is 10.3 Å². The highest BCUT2D eigenvalue weighted by Crippen LogP contribution is 2.16. The zero-order chi connectivity index (χ0) is 29.0. The van der Waals surface area contributed by atoms with Gasteiger partial charge in [-0.05, 0) is 35.1 Å². The van der Waals surface area contributed by atoms with E-state index in [4.69, 9.17) is 21.1 Å². The molecule has 212 valence electrons. The van der Waals surface area contributed by atoms with Crippen molar-refractivity contribution in [2.75, 3.05) is 13.7 Å². The quantitative estimate of drug-likeness (QED) is 0.218. The maximum atomic E-state index is 13.0. The molecule has 0 saturated carbocycles. The topological polar surface area (TPSA) is 97.8 Å². The van der Waals surface area contributed by atoms with Crippen molar-refractivity contribution in [2.45, 2.75) is 38.5 Å². The predicted octanol–water partition coefficient (Wildman–Crippen LogP) is 5.71. The van der Waals surface area contributed by atoms with Crippen molar-refractivity contribution in [1.82, 2.24) is 15.2 Å². The summed E-state index contributed by atoms with van der Waals surface area (Å²) in [5, 5.41) is 5.34. The van der Waals surface area contributed by atoms with Crippen molar-refractivity contribution < 1.29 is 23.9 Å². The van der Waals surface area contributed by atoms with E-state index in [9.17, 15) is 14.4 Å². The molecule has 0 aliphatic heterocycles. The van der Waals surface area contributed by atoms with E-state index < -0.39 is 18.0 Å². The Labute approximate surface area is 244 Å². The van der Waals surface area contributed by atoms with Crippen LogP contribution in [0.5, 0.6) is 0 Å². The normalized spacial score (nSPS) is 11.5. The number of amides is 2. The highest BCUT2D eigenvalue weighted by atomic mass is 35.5. The minimum absolute atomic E-state index is 0.0148. The monoisotopic (exact) mass is 573 g/mol. The average Bonchev–Trinajstić information content (AvgIpc) is 2.99. The Morgan fingerprint density at radius 1 is 0.902 bits per heavy atom. The number of nitrogens with zero attached hydrogens (tertiary/aromatic N) is 2. The fraction of sp³-hybridized carbons (Fsp3) is 0.250. The SMILES string of the molecule is CN(C(=O)NCc1ccccc1Cl)[C@@H](CCC(=O)OCc1ccccc1)COC(=O)Cc1cc2ccccc2cn1. The summed E-state index contributed by atoms with van der Waals surface area (Å²) < 4.78 is 10.9. The molecule has 3 aromatic carbocycles. The lowest BCUT2D eigenvalue weighted by molar-refractivity contribution is -0.146. The maximum absolute atomic E-state index is 13.0. The molecular formula is C32H32ClN3O5. The largest absolute Gasteiger partial charge is 0.463 e. The van der Waals surface area contributed by atoms with E-state index in [-0.39, 0.29) is 45.1 Å². The molecule has 0 radical (unpaired) electrons. The molecule has 4 aromatic rings. The van der Waals surface area contributed by atoms with Gasteiger partial charge in [-0.3, -0.25) is 14.6 Å². The molecule has 0 bridgehead atoms. The fourth-order valence-electron chi connectivity index (χ4n) is 4.20. The first-order chi connectivity index (χ1) is 19.9. The summed E-state index contributed by atoms with van der Waals surface area (Å²) in [5.74, 6) is -0.885. The number of fused-ring (bicyclic) bond motifs is 1. The van der Waals surface area contributed by atoms with Gasteiger partial charge in [0, 0.05) is 36.6 Å². The van der Waals surface area contributed by atoms with Gasteiger partial charge in [-0.2, -0.15) is 0 Å². The van der Waals surface area contributed by atoms with Crippen LogP contribution >= 0.6 is 11.6 Å². The zero-order valence-corrected chi connectivity index (χ0v) is 23.5. The number of hydrogen-bond acceptors (Lipinski definition) is 6. The smallest absolute Gasteiger partial charge is 0.317 e. The number of benzene rings is 3.